The second-order valence-electron chi connectivity index (χ2n) is 4.23. The van der Waals surface area contributed by atoms with Crippen LogP contribution in [-0.4, -0.2) is 32.2 Å². The number of hydrogen-bond acceptors (Lipinski definition) is 5. The number of rotatable bonds is 5. The third-order valence-corrected chi connectivity index (χ3v) is 2.90. The minimum absolute atomic E-state index is 0.236. The van der Waals surface area contributed by atoms with Crippen LogP contribution in [0.1, 0.15) is 10.4 Å². The van der Waals surface area contributed by atoms with E-state index in [1.54, 1.807) is 0 Å². The van der Waals surface area contributed by atoms with Crippen molar-refractivity contribution < 1.29 is 23.4 Å². The largest absolute Gasteiger partial charge is 0.493 e. The number of anilines is 1. The molecule has 2 rings (SSSR count). The van der Waals surface area contributed by atoms with Gasteiger partial charge in [-0.15, -0.1) is 0 Å². The normalized spacial score (nSPS) is 10.0. The quantitative estimate of drug-likeness (QED) is 0.919. The van der Waals surface area contributed by atoms with Crippen LogP contribution in [0.3, 0.4) is 0 Å². The van der Waals surface area contributed by atoms with Gasteiger partial charge in [-0.3, -0.25) is 4.79 Å². The number of ether oxygens (including phenoxy) is 3. The van der Waals surface area contributed by atoms with Crippen LogP contribution in [0.15, 0.2) is 30.5 Å². The summed E-state index contributed by atoms with van der Waals surface area (Å²) >= 11 is 0. The van der Waals surface area contributed by atoms with Crippen LogP contribution in [0, 0.1) is 5.82 Å². The van der Waals surface area contributed by atoms with Crippen LogP contribution in [-0.2, 0) is 0 Å². The molecule has 1 N–H and O–H groups in total. The molecule has 0 saturated heterocycles. The maximum Gasteiger partial charge on any atom is 0.257 e. The van der Waals surface area contributed by atoms with Gasteiger partial charge in [0.2, 0.25) is 5.75 Å². The Morgan fingerprint density at radius 1 is 1.09 bits per heavy atom. The second kappa shape index (κ2) is 6.75. The first-order valence-corrected chi connectivity index (χ1v) is 6.32. The summed E-state index contributed by atoms with van der Waals surface area (Å²) in [6.07, 6.45) is 1.02. The standard InChI is InChI=1S/C15H15FN2O4/c1-20-11-6-9(7-12(21-2)14(11)22-3)15(19)18-13-5-4-10(16)8-17-13/h4-8H,1-3H3,(H,17,18,19). The molecule has 0 bridgehead atoms. The van der Waals surface area contributed by atoms with Gasteiger partial charge in [-0.25, -0.2) is 9.37 Å². The monoisotopic (exact) mass is 306 g/mol. The number of benzene rings is 1. The number of aromatic nitrogens is 1. The zero-order chi connectivity index (χ0) is 16.1. The van der Waals surface area contributed by atoms with Crippen molar-refractivity contribution in [3.8, 4) is 17.2 Å². The topological polar surface area (TPSA) is 69.7 Å². The van der Waals surface area contributed by atoms with Gasteiger partial charge < -0.3 is 19.5 Å². The van der Waals surface area contributed by atoms with Crippen molar-refractivity contribution in [1.82, 2.24) is 4.98 Å². The summed E-state index contributed by atoms with van der Waals surface area (Å²) in [6.45, 7) is 0. The Morgan fingerprint density at radius 2 is 1.73 bits per heavy atom. The van der Waals surface area contributed by atoms with Crippen molar-refractivity contribution in [2.24, 2.45) is 0 Å². The van der Waals surface area contributed by atoms with Crippen LogP contribution in [0.5, 0.6) is 17.2 Å². The molecule has 1 aromatic carbocycles. The molecule has 22 heavy (non-hydrogen) atoms. The maximum atomic E-state index is 12.8. The van der Waals surface area contributed by atoms with Gasteiger partial charge in [0.05, 0.1) is 27.5 Å². The van der Waals surface area contributed by atoms with Crippen molar-refractivity contribution in [2.45, 2.75) is 0 Å². The summed E-state index contributed by atoms with van der Waals surface area (Å²) in [7, 11) is 4.39. The van der Waals surface area contributed by atoms with Crippen LogP contribution < -0.4 is 19.5 Å². The highest BCUT2D eigenvalue weighted by molar-refractivity contribution is 6.04. The van der Waals surface area contributed by atoms with E-state index in [1.807, 2.05) is 0 Å². The van der Waals surface area contributed by atoms with E-state index in [0.717, 1.165) is 6.20 Å². The van der Waals surface area contributed by atoms with Gasteiger partial charge in [-0.1, -0.05) is 0 Å². The third-order valence-electron chi connectivity index (χ3n) is 2.90. The van der Waals surface area contributed by atoms with Gasteiger partial charge in [-0.05, 0) is 24.3 Å². The number of carbonyl (C=O) groups is 1. The lowest BCUT2D eigenvalue weighted by atomic mass is 10.1. The lowest BCUT2D eigenvalue weighted by Crippen LogP contribution is -2.13. The summed E-state index contributed by atoms with van der Waals surface area (Å²) < 4.78 is 28.4. The third kappa shape index (κ3) is 3.25. The Bertz CT molecular complexity index is 649. The SMILES string of the molecule is COc1cc(C(=O)Nc2ccc(F)cn2)cc(OC)c1OC. The first-order valence-electron chi connectivity index (χ1n) is 6.32. The molecule has 0 atom stereocenters. The highest BCUT2D eigenvalue weighted by atomic mass is 19.1. The van der Waals surface area contributed by atoms with Crippen LogP contribution >= 0.6 is 0 Å². The van der Waals surface area contributed by atoms with E-state index in [0.29, 0.717) is 22.8 Å². The van der Waals surface area contributed by atoms with Crippen LogP contribution in [0.2, 0.25) is 0 Å². The Morgan fingerprint density at radius 3 is 2.18 bits per heavy atom. The van der Waals surface area contributed by atoms with E-state index in [-0.39, 0.29) is 5.82 Å². The zero-order valence-electron chi connectivity index (χ0n) is 12.3. The molecule has 6 nitrogen and oxygen atoms in total. The molecule has 0 saturated carbocycles. The van der Waals surface area contributed by atoms with E-state index < -0.39 is 11.7 Å². The number of methoxy groups -OCH3 is 3. The Kier molecular flexibility index (Phi) is 4.77. The van der Waals surface area contributed by atoms with E-state index in [2.05, 4.69) is 10.3 Å². The van der Waals surface area contributed by atoms with Crippen molar-refractivity contribution in [3.63, 3.8) is 0 Å². The first kappa shape index (κ1) is 15.6. The molecule has 0 radical (unpaired) electrons. The number of halogens is 1. The molecule has 0 unspecified atom stereocenters. The number of amides is 1. The Hall–Kier alpha value is -2.83. The smallest absolute Gasteiger partial charge is 0.257 e. The fourth-order valence-electron chi connectivity index (χ4n) is 1.85. The summed E-state index contributed by atoms with van der Waals surface area (Å²) in [5.74, 6) is 0.434. The fraction of sp³-hybridized carbons (Fsp3) is 0.200. The highest BCUT2D eigenvalue weighted by Crippen LogP contribution is 2.38. The van der Waals surface area contributed by atoms with E-state index in [4.69, 9.17) is 14.2 Å². The predicted octanol–water partition coefficient (Wildman–Crippen LogP) is 2.50. The molecule has 1 heterocycles. The maximum absolute atomic E-state index is 12.8. The molecule has 116 valence electrons. The summed E-state index contributed by atoms with van der Waals surface area (Å²) in [5.41, 5.74) is 0.292. The van der Waals surface area contributed by atoms with E-state index >= 15 is 0 Å². The highest BCUT2D eigenvalue weighted by Gasteiger charge is 2.17. The number of carbonyl (C=O) groups excluding carboxylic acids is 1. The lowest BCUT2D eigenvalue weighted by Gasteiger charge is -2.14. The molecular weight excluding hydrogens is 291 g/mol. The van der Waals surface area contributed by atoms with Crippen LogP contribution in [0.4, 0.5) is 10.2 Å². The molecule has 2 aromatic rings. The molecule has 0 fully saturated rings. The van der Waals surface area contributed by atoms with Gasteiger partial charge in [0, 0.05) is 5.56 Å². The predicted molar refractivity (Wildman–Crippen MR) is 78.2 cm³/mol. The van der Waals surface area contributed by atoms with Crippen molar-refractivity contribution in [2.75, 3.05) is 26.6 Å². The minimum atomic E-state index is -0.481. The Labute approximate surface area is 126 Å². The van der Waals surface area contributed by atoms with Gasteiger partial charge in [0.15, 0.2) is 11.5 Å². The molecule has 1 amide bonds. The van der Waals surface area contributed by atoms with Crippen molar-refractivity contribution in [3.05, 3.63) is 41.8 Å². The average Bonchev–Trinajstić information content (AvgIpc) is 2.55. The second-order valence-corrected chi connectivity index (χ2v) is 4.23. The van der Waals surface area contributed by atoms with Crippen molar-refractivity contribution in [1.29, 1.82) is 0 Å². The van der Waals surface area contributed by atoms with E-state index in [1.165, 1.54) is 45.6 Å². The van der Waals surface area contributed by atoms with Crippen LogP contribution in [0.25, 0.3) is 0 Å². The van der Waals surface area contributed by atoms with Gasteiger partial charge in [0.25, 0.3) is 5.91 Å². The minimum Gasteiger partial charge on any atom is -0.493 e. The van der Waals surface area contributed by atoms with Gasteiger partial charge in [-0.2, -0.15) is 0 Å². The van der Waals surface area contributed by atoms with Crippen molar-refractivity contribution >= 4 is 11.7 Å². The first-order chi connectivity index (χ1) is 10.6. The Balaban J connectivity index is 2.31. The fourth-order valence-corrected chi connectivity index (χ4v) is 1.85. The molecule has 0 aliphatic rings. The lowest BCUT2D eigenvalue weighted by molar-refractivity contribution is 0.102. The molecule has 0 aliphatic heterocycles. The molecule has 0 spiro atoms. The number of hydrogen-bond donors (Lipinski definition) is 1. The van der Waals surface area contributed by atoms with E-state index in [9.17, 15) is 9.18 Å². The number of pyridine rings is 1. The summed E-state index contributed by atoms with van der Waals surface area (Å²) in [4.78, 5) is 16.0. The molecular formula is C15H15FN2O4. The molecule has 1 aromatic heterocycles. The number of nitrogens with zero attached hydrogens (tertiary/aromatic N) is 1. The number of nitrogens with one attached hydrogen (secondary N) is 1. The van der Waals surface area contributed by atoms with Gasteiger partial charge >= 0.3 is 0 Å². The zero-order valence-corrected chi connectivity index (χ0v) is 12.3. The summed E-state index contributed by atoms with van der Waals surface area (Å²) in [6, 6.07) is 5.60. The molecule has 7 heteroatoms. The summed E-state index contributed by atoms with van der Waals surface area (Å²) in [5, 5.41) is 2.56. The van der Waals surface area contributed by atoms with Gasteiger partial charge in [0.1, 0.15) is 11.6 Å². The average molecular weight is 306 g/mol. The molecule has 0 aliphatic carbocycles.